The molecule has 1 saturated carbocycles. The number of nitrogens with one attached hydrogen (secondary N) is 1. The zero-order valence-electron chi connectivity index (χ0n) is 15.9. The normalized spacial score (nSPS) is 17.8. The van der Waals surface area contributed by atoms with Crippen LogP contribution in [0.1, 0.15) is 17.7 Å². The summed E-state index contributed by atoms with van der Waals surface area (Å²) in [6.07, 6.45) is 0.621. The van der Waals surface area contributed by atoms with E-state index in [1.54, 1.807) is 38.0 Å². The molecule has 8 nitrogen and oxygen atoms in total. The third-order valence-corrected chi connectivity index (χ3v) is 4.92. The molecule has 2 atom stereocenters. The smallest absolute Gasteiger partial charge is 0.238 e. The topological polar surface area (TPSA) is 99.7 Å². The largest absolute Gasteiger partial charge is 0.334 e. The van der Waals surface area contributed by atoms with E-state index >= 15 is 0 Å². The number of aryl methyl sites for hydroxylation is 2. The maximum Gasteiger partial charge on any atom is 0.238 e. The van der Waals surface area contributed by atoms with Crippen molar-refractivity contribution in [2.24, 2.45) is 13.0 Å². The van der Waals surface area contributed by atoms with E-state index in [4.69, 9.17) is 5.26 Å². The number of amides is 1. The highest BCUT2D eigenvalue weighted by Gasteiger charge is 2.44. The van der Waals surface area contributed by atoms with E-state index < -0.39 is 23.9 Å². The fourth-order valence-corrected chi connectivity index (χ4v) is 3.22. The summed E-state index contributed by atoms with van der Waals surface area (Å²) in [4.78, 5) is 26.0. The molecular weight excluding hydrogens is 380 g/mol. The number of hydrogen-bond donors (Lipinski definition) is 1. The number of nitrogens with zero attached hydrogens (tertiary/aromatic N) is 6. The third kappa shape index (κ3) is 3.24. The Kier molecular flexibility index (Phi) is 4.38. The standard InChI is InChI=1S/C19H17F2N7O/c1-9-4-10(7-22)24-17(21)16(9)28(3)14-6-13-15(23-8-27(13)2)18(25-14)26-19(29)11-5-12(11)20/h4,6,8,11-12H,5H2,1-3H3,(H,25,26,29)/t11-,12+/m0/s1. The molecule has 1 aliphatic rings. The molecule has 0 spiro atoms. The van der Waals surface area contributed by atoms with Crippen LogP contribution in [0, 0.1) is 30.1 Å². The first-order valence-corrected chi connectivity index (χ1v) is 8.88. The van der Waals surface area contributed by atoms with Gasteiger partial charge in [-0.15, -0.1) is 0 Å². The van der Waals surface area contributed by atoms with Crippen LogP contribution in [0.2, 0.25) is 0 Å². The van der Waals surface area contributed by atoms with Crippen molar-refractivity contribution in [3.05, 3.63) is 35.7 Å². The zero-order valence-corrected chi connectivity index (χ0v) is 15.9. The molecule has 1 N–H and O–H groups in total. The van der Waals surface area contributed by atoms with E-state index in [1.807, 2.05) is 6.07 Å². The number of hydrogen-bond acceptors (Lipinski definition) is 6. The van der Waals surface area contributed by atoms with Crippen LogP contribution in [-0.2, 0) is 11.8 Å². The molecule has 0 unspecified atom stereocenters. The average Bonchev–Trinajstić information content (AvgIpc) is 3.30. The third-order valence-electron chi connectivity index (χ3n) is 4.92. The van der Waals surface area contributed by atoms with Crippen LogP contribution in [0.3, 0.4) is 0 Å². The Morgan fingerprint density at radius 3 is 2.76 bits per heavy atom. The highest BCUT2D eigenvalue weighted by Crippen LogP contribution is 2.36. The molecule has 1 aliphatic carbocycles. The Morgan fingerprint density at radius 2 is 2.14 bits per heavy atom. The van der Waals surface area contributed by atoms with E-state index in [1.165, 1.54) is 11.0 Å². The summed E-state index contributed by atoms with van der Waals surface area (Å²) in [6.45, 7) is 1.66. The van der Waals surface area contributed by atoms with Crippen LogP contribution in [-0.4, -0.2) is 38.6 Å². The number of aromatic nitrogens is 4. The van der Waals surface area contributed by atoms with Crippen LogP contribution in [0.15, 0.2) is 18.5 Å². The monoisotopic (exact) mass is 397 g/mol. The molecule has 3 aromatic heterocycles. The number of carbonyl (C=O) groups is 1. The summed E-state index contributed by atoms with van der Waals surface area (Å²) >= 11 is 0. The lowest BCUT2D eigenvalue weighted by Crippen LogP contribution is -2.19. The van der Waals surface area contributed by atoms with Gasteiger partial charge in [-0.25, -0.2) is 19.3 Å². The second-order valence-corrected chi connectivity index (χ2v) is 7.03. The van der Waals surface area contributed by atoms with Crippen LogP contribution < -0.4 is 10.2 Å². The number of alkyl halides is 1. The molecule has 3 heterocycles. The van der Waals surface area contributed by atoms with E-state index in [2.05, 4.69) is 20.3 Å². The van der Waals surface area contributed by atoms with Gasteiger partial charge >= 0.3 is 0 Å². The van der Waals surface area contributed by atoms with Crippen LogP contribution in [0.4, 0.5) is 26.1 Å². The van der Waals surface area contributed by atoms with Gasteiger partial charge in [0, 0.05) is 20.2 Å². The van der Waals surface area contributed by atoms with Crippen molar-refractivity contribution in [1.82, 2.24) is 19.5 Å². The molecule has 10 heteroatoms. The van der Waals surface area contributed by atoms with Crippen LogP contribution >= 0.6 is 0 Å². The van der Waals surface area contributed by atoms with Crippen molar-refractivity contribution in [3.8, 4) is 6.07 Å². The molecule has 4 rings (SSSR count). The van der Waals surface area contributed by atoms with Crippen molar-refractivity contribution >= 4 is 34.3 Å². The summed E-state index contributed by atoms with van der Waals surface area (Å²) in [7, 11) is 3.38. The fourth-order valence-electron chi connectivity index (χ4n) is 3.22. The van der Waals surface area contributed by atoms with Gasteiger partial charge in [0.25, 0.3) is 0 Å². The first-order chi connectivity index (χ1) is 13.8. The first kappa shape index (κ1) is 18.7. The van der Waals surface area contributed by atoms with Gasteiger partial charge < -0.3 is 14.8 Å². The Labute approximate surface area is 164 Å². The van der Waals surface area contributed by atoms with Gasteiger partial charge in [-0.1, -0.05) is 0 Å². The van der Waals surface area contributed by atoms with E-state index in [0.717, 1.165) is 0 Å². The maximum absolute atomic E-state index is 14.6. The lowest BCUT2D eigenvalue weighted by molar-refractivity contribution is -0.117. The van der Waals surface area contributed by atoms with Crippen molar-refractivity contribution in [3.63, 3.8) is 0 Å². The minimum atomic E-state index is -1.14. The molecule has 148 valence electrons. The summed E-state index contributed by atoms with van der Waals surface area (Å²) in [6, 6.07) is 5.00. The molecule has 3 aromatic rings. The summed E-state index contributed by atoms with van der Waals surface area (Å²) in [5, 5.41) is 11.6. The van der Waals surface area contributed by atoms with Gasteiger partial charge in [0.2, 0.25) is 11.9 Å². The lowest BCUT2D eigenvalue weighted by atomic mass is 10.2. The number of rotatable bonds is 4. The van der Waals surface area contributed by atoms with E-state index in [9.17, 15) is 13.6 Å². The van der Waals surface area contributed by atoms with Crippen LogP contribution in [0.5, 0.6) is 0 Å². The van der Waals surface area contributed by atoms with Crippen molar-refractivity contribution in [2.75, 3.05) is 17.3 Å². The summed E-state index contributed by atoms with van der Waals surface area (Å²) in [5.74, 6) is -1.44. The Hall–Kier alpha value is -3.61. The minimum absolute atomic E-state index is 0.0228. The molecule has 0 aromatic carbocycles. The Morgan fingerprint density at radius 1 is 1.41 bits per heavy atom. The van der Waals surface area contributed by atoms with Crippen molar-refractivity contribution < 1.29 is 13.6 Å². The Bertz CT molecular complexity index is 1160. The minimum Gasteiger partial charge on any atom is -0.334 e. The quantitative estimate of drug-likeness (QED) is 0.680. The van der Waals surface area contributed by atoms with Gasteiger partial charge in [-0.05, 0) is 25.0 Å². The molecule has 0 radical (unpaired) electrons. The lowest BCUT2D eigenvalue weighted by Gasteiger charge is -2.21. The molecule has 29 heavy (non-hydrogen) atoms. The number of pyridine rings is 2. The van der Waals surface area contributed by atoms with Crippen molar-refractivity contribution in [1.29, 1.82) is 5.26 Å². The zero-order chi connectivity index (χ0) is 20.9. The van der Waals surface area contributed by atoms with Crippen molar-refractivity contribution in [2.45, 2.75) is 19.5 Å². The number of fused-ring (bicyclic) bond motifs is 1. The van der Waals surface area contributed by atoms with Gasteiger partial charge in [-0.3, -0.25) is 4.79 Å². The average molecular weight is 397 g/mol. The predicted octanol–water partition coefficient (Wildman–Crippen LogP) is 2.75. The molecule has 1 amide bonds. The number of imidazole rings is 1. The highest BCUT2D eigenvalue weighted by molar-refractivity contribution is 6.01. The van der Waals surface area contributed by atoms with E-state index in [-0.39, 0.29) is 23.6 Å². The fraction of sp³-hybridized carbons (Fsp3) is 0.316. The predicted molar refractivity (Wildman–Crippen MR) is 102 cm³/mol. The van der Waals surface area contributed by atoms with Crippen LogP contribution in [0.25, 0.3) is 11.0 Å². The number of halogens is 2. The maximum atomic E-state index is 14.6. The SMILES string of the molecule is Cc1cc(C#N)nc(F)c1N(C)c1cc2c(ncn2C)c(NC(=O)[C@H]2C[C@H]2F)n1. The second kappa shape index (κ2) is 6.77. The number of nitriles is 1. The first-order valence-electron chi connectivity index (χ1n) is 8.88. The molecule has 0 bridgehead atoms. The summed E-state index contributed by atoms with van der Waals surface area (Å²) in [5.41, 5.74) is 1.74. The Balaban J connectivity index is 1.79. The van der Waals surface area contributed by atoms with Gasteiger partial charge in [-0.2, -0.15) is 9.65 Å². The molecule has 1 fully saturated rings. The second-order valence-electron chi connectivity index (χ2n) is 7.03. The van der Waals surface area contributed by atoms with Gasteiger partial charge in [0.15, 0.2) is 5.82 Å². The van der Waals surface area contributed by atoms with Gasteiger partial charge in [0.1, 0.15) is 35.0 Å². The number of carbonyl (C=O) groups excluding carboxylic acids is 1. The number of anilines is 3. The van der Waals surface area contributed by atoms with Gasteiger partial charge in [0.05, 0.1) is 17.8 Å². The highest BCUT2D eigenvalue weighted by atomic mass is 19.1. The molecule has 0 aliphatic heterocycles. The van der Waals surface area contributed by atoms with E-state index in [0.29, 0.717) is 22.4 Å². The molecule has 0 saturated heterocycles. The summed E-state index contributed by atoms with van der Waals surface area (Å²) < 4.78 is 29.6. The molecular formula is C19H17F2N7O.